The van der Waals surface area contributed by atoms with E-state index >= 15 is 0 Å². The summed E-state index contributed by atoms with van der Waals surface area (Å²) in [6, 6.07) is 0. The van der Waals surface area contributed by atoms with Gasteiger partial charge in [0.15, 0.2) is 0 Å². The molecule has 1 heteroatoms. The van der Waals surface area contributed by atoms with Crippen LogP contribution in [0.15, 0.2) is 12.2 Å². The first-order chi connectivity index (χ1) is 5.58. The summed E-state index contributed by atoms with van der Waals surface area (Å²) in [5.74, 6) is 0. The Morgan fingerprint density at radius 1 is 1.33 bits per heavy atom. The highest BCUT2D eigenvalue weighted by atomic mass is 16.3. The van der Waals surface area contributed by atoms with Crippen LogP contribution in [0, 0.1) is 10.8 Å². The molecule has 2 aliphatic rings. The van der Waals surface area contributed by atoms with Crippen molar-refractivity contribution in [3.8, 4) is 0 Å². The van der Waals surface area contributed by atoms with Crippen molar-refractivity contribution in [2.24, 2.45) is 10.8 Å². The number of rotatable bonds is 0. The summed E-state index contributed by atoms with van der Waals surface area (Å²) in [6.45, 7) is 4.53. The molecule has 1 fully saturated rings. The maximum atomic E-state index is 9.91. The van der Waals surface area contributed by atoms with Crippen molar-refractivity contribution in [2.75, 3.05) is 0 Å². The maximum absolute atomic E-state index is 9.91. The van der Waals surface area contributed by atoms with E-state index in [1.165, 1.54) is 0 Å². The van der Waals surface area contributed by atoms with Crippen molar-refractivity contribution >= 4 is 0 Å². The smallest absolute Gasteiger partial charge is 0.0602 e. The summed E-state index contributed by atoms with van der Waals surface area (Å²) >= 11 is 0. The molecular weight excluding hydrogens is 148 g/mol. The monoisotopic (exact) mass is 166 g/mol. The van der Waals surface area contributed by atoms with Gasteiger partial charge in [0.25, 0.3) is 0 Å². The van der Waals surface area contributed by atoms with Crippen molar-refractivity contribution < 1.29 is 5.11 Å². The van der Waals surface area contributed by atoms with E-state index in [1.54, 1.807) is 0 Å². The van der Waals surface area contributed by atoms with Gasteiger partial charge in [0.05, 0.1) is 6.10 Å². The van der Waals surface area contributed by atoms with Gasteiger partial charge in [-0.2, -0.15) is 0 Å². The van der Waals surface area contributed by atoms with Gasteiger partial charge in [-0.25, -0.2) is 0 Å². The third kappa shape index (κ3) is 0.832. The molecule has 1 nitrogen and oxygen atoms in total. The second-order valence-corrected chi connectivity index (χ2v) is 4.83. The topological polar surface area (TPSA) is 20.2 Å². The molecule has 68 valence electrons. The third-order valence-electron chi connectivity index (χ3n) is 4.29. The first-order valence-electron chi connectivity index (χ1n) is 4.94. The zero-order valence-electron chi connectivity index (χ0n) is 8.01. The van der Waals surface area contributed by atoms with Gasteiger partial charge in [-0.05, 0) is 31.1 Å². The lowest BCUT2D eigenvalue weighted by atomic mass is 9.62. The fraction of sp³-hybridized carbons (Fsp3) is 0.818. The predicted octanol–water partition coefficient (Wildman–Crippen LogP) is 2.50. The second kappa shape index (κ2) is 2.35. The number of fused-ring (bicyclic) bond motifs is 1. The first-order valence-corrected chi connectivity index (χ1v) is 4.94. The normalized spacial score (nSPS) is 52.4. The standard InChI is InChI=1S/C11H18O/c1-10-6-3-4-7-11(10,2)9(12)5-8-10/h3,6,9,12H,4-5,7-8H2,1-2H3. The Kier molecular flexibility index (Phi) is 1.63. The van der Waals surface area contributed by atoms with Crippen LogP contribution >= 0.6 is 0 Å². The third-order valence-corrected chi connectivity index (χ3v) is 4.29. The molecule has 2 aliphatic carbocycles. The molecule has 0 spiro atoms. The van der Waals surface area contributed by atoms with Crippen LogP contribution in [0.1, 0.15) is 39.5 Å². The summed E-state index contributed by atoms with van der Waals surface area (Å²) < 4.78 is 0. The lowest BCUT2D eigenvalue weighted by Gasteiger charge is -2.43. The fourth-order valence-electron chi connectivity index (χ4n) is 2.87. The van der Waals surface area contributed by atoms with Crippen LogP contribution in [0.5, 0.6) is 0 Å². The summed E-state index contributed by atoms with van der Waals surface area (Å²) in [6.07, 6.45) is 8.96. The molecule has 0 saturated heterocycles. The zero-order chi connectivity index (χ0) is 8.82. The molecule has 0 aromatic carbocycles. The fourth-order valence-corrected chi connectivity index (χ4v) is 2.87. The van der Waals surface area contributed by atoms with E-state index < -0.39 is 0 Å². The lowest BCUT2D eigenvalue weighted by Crippen LogP contribution is -2.39. The van der Waals surface area contributed by atoms with Crippen LogP contribution in [-0.2, 0) is 0 Å². The minimum absolute atomic E-state index is 0.0764. The minimum atomic E-state index is -0.0764. The molecule has 12 heavy (non-hydrogen) atoms. The van der Waals surface area contributed by atoms with Gasteiger partial charge < -0.3 is 5.11 Å². The van der Waals surface area contributed by atoms with Gasteiger partial charge in [-0.15, -0.1) is 0 Å². The van der Waals surface area contributed by atoms with Gasteiger partial charge >= 0.3 is 0 Å². The summed E-state index contributed by atoms with van der Waals surface area (Å²) in [7, 11) is 0. The van der Waals surface area contributed by atoms with Crippen LogP contribution in [-0.4, -0.2) is 11.2 Å². The van der Waals surface area contributed by atoms with Gasteiger partial charge in [0, 0.05) is 5.41 Å². The average molecular weight is 166 g/mol. The molecule has 3 unspecified atom stereocenters. The summed E-state index contributed by atoms with van der Waals surface area (Å²) in [4.78, 5) is 0. The Balaban J connectivity index is 2.39. The van der Waals surface area contributed by atoms with Crippen molar-refractivity contribution in [3.63, 3.8) is 0 Å². The minimum Gasteiger partial charge on any atom is -0.393 e. The quantitative estimate of drug-likeness (QED) is 0.548. The average Bonchev–Trinajstić information content (AvgIpc) is 2.28. The molecule has 0 aliphatic heterocycles. The lowest BCUT2D eigenvalue weighted by molar-refractivity contribution is 0.00680. The van der Waals surface area contributed by atoms with E-state index in [0.29, 0.717) is 0 Å². The molecule has 3 atom stereocenters. The molecule has 0 amide bonds. The largest absolute Gasteiger partial charge is 0.393 e. The predicted molar refractivity (Wildman–Crippen MR) is 49.8 cm³/mol. The van der Waals surface area contributed by atoms with E-state index in [-0.39, 0.29) is 16.9 Å². The molecule has 0 heterocycles. The Bertz CT molecular complexity index is 221. The van der Waals surface area contributed by atoms with Crippen LogP contribution in [0.4, 0.5) is 0 Å². The highest BCUT2D eigenvalue weighted by molar-refractivity contribution is 5.16. The maximum Gasteiger partial charge on any atom is 0.0602 e. The van der Waals surface area contributed by atoms with Crippen molar-refractivity contribution in [1.82, 2.24) is 0 Å². The molecule has 2 rings (SSSR count). The Hall–Kier alpha value is -0.300. The van der Waals surface area contributed by atoms with Gasteiger partial charge in [0.2, 0.25) is 0 Å². The van der Waals surface area contributed by atoms with Crippen molar-refractivity contribution in [1.29, 1.82) is 0 Å². The molecule has 0 radical (unpaired) electrons. The second-order valence-electron chi connectivity index (χ2n) is 4.83. The molecule has 1 saturated carbocycles. The van der Waals surface area contributed by atoms with E-state index in [0.717, 1.165) is 25.7 Å². The number of hydrogen-bond acceptors (Lipinski definition) is 1. The van der Waals surface area contributed by atoms with E-state index in [4.69, 9.17) is 0 Å². The number of allylic oxidation sites excluding steroid dienone is 2. The molecule has 0 aromatic heterocycles. The molecule has 0 aromatic rings. The van der Waals surface area contributed by atoms with Crippen LogP contribution < -0.4 is 0 Å². The van der Waals surface area contributed by atoms with Gasteiger partial charge in [0.1, 0.15) is 0 Å². The molecule has 0 bridgehead atoms. The Morgan fingerprint density at radius 2 is 2.08 bits per heavy atom. The number of aliphatic hydroxyl groups excluding tert-OH is 1. The first kappa shape index (κ1) is 8.31. The van der Waals surface area contributed by atoms with Crippen LogP contribution in [0.2, 0.25) is 0 Å². The highest BCUT2D eigenvalue weighted by Crippen LogP contribution is 2.57. The Labute approximate surface area is 74.5 Å². The van der Waals surface area contributed by atoms with Gasteiger partial charge in [-0.3, -0.25) is 0 Å². The van der Waals surface area contributed by atoms with E-state index in [1.807, 2.05) is 0 Å². The van der Waals surface area contributed by atoms with E-state index in [9.17, 15) is 5.11 Å². The van der Waals surface area contributed by atoms with Crippen LogP contribution in [0.3, 0.4) is 0 Å². The number of hydrogen-bond donors (Lipinski definition) is 1. The van der Waals surface area contributed by atoms with Crippen molar-refractivity contribution in [2.45, 2.75) is 45.6 Å². The van der Waals surface area contributed by atoms with Gasteiger partial charge in [-0.1, -0.05) is 26.0 Å². The highest BCUT2D eigenvalue weighted by Gasteiger charge is 2.53. The summed E-state index contributed by atoms with van der Waals surface area (Å²) in [5, 5.41) is 9.91. The van der Waals surface area contributed by atoms with Crippen molar-refractivity contribution in [3.05, 3.63) is 12.2 Å². The number of aliphatic hydroxyl groups is 1. The molecular formula is C11H18O. The molecule has 1 N–H and O–H groups in total. The zero-order valence-corrected chi connectivity index (χ0v) is 8.01. The Morgan fingerprint density at radius 3 is 2.75 bits per heavy atom. The van der Waals surface area contributed by atoms with E-state index in [2.05, 4.69) is 26.0 Å². The van der Waals surface area contributed by atoms with Crippen LogP contribution in [0.25, 0.3) is 0 Å². The summed E-state index contributed by atoms with van der Waals surface area (Å²) in [5.41, 5.74) is 0.423. The SMILES string of the molecule is CC12C=CCCC1(C)C(O)CC2.